The average molecular weight is 672 g/mol. The molecule has 12 nitrogen and oxygen atoms in total. The first-order valence-corrected chi connectivity index (χ1v) is 6.89. The summed E-state index contributed by atoms with van der Waals surface area (Å²) in [5.74, 6) is 0. The minimum absolute atomic E-state index is 0. The van der Waals surface area contributed by atoms with Gasteiger partial charge in [-0.1, -0.05) is 0 Å². The second kappa shape index (κ2) is 119. The van der Waals surface area contributed by atoms with Crippen molar-refractivity contribution in [3.8, 4) is 0 Å². The van der Waals surface area contributed by atoms with Crippen molar-refractivity contribution in [1.29, 1.82) is 0 Å². The molecule has 0 atom stereocenters. The van der Waals surface area contributed by atoms with Crippen molar-refractivity contribution < 1.29 is 138 Å². The van der Waals surface area contributed by atoms with Gasteiger partial charge in [0.05, 0.1) is 0 Å². The molecule has 0 spiro atoms. The molecular weight excluding hydrogens is 666 g/mol. The van der Waals surface area contributed by atoms with Gasteiger partial charge in [0, 0.05) is 0 Å². The van der Waals surface area contributed by atoms with E-state index in [9.17, 15) is 0 Å². The molecule has 0 aromatic rings. The molecule has 0 saturated carbocycles. The van der Waals surface area contributed by atoms with Gasteiger partial charge in [-0.3, -0.25) is 0 Å². The molecule has 0 bridgehead atoms. The maximum absolute atomic E-state index is 8.46. The van der Waals surface area contributed by atoms with Crippen molar-refractivity contribution in [1.82, 2.24) is 0 Å². The minimum Gasteiger partial charge on any atom is -0.310 e. The molecule has 0 fully saturated rings. The van der Waals surface area contributed by atoms with Crippen molar-refractivity contribution in [3.05, 3.63) is 0 Å². The number of rotatable bonds is 0. The third kappa shape index (κ3) is 904. The summed E-state index contributed by atoms with van der Waals surface area (Å²) >= 11 is 0. The molecule has 0 saturated heterocycles. The van der Waals surface area contributed by atoms with E-state index in [2.05, 4.69) is 0 Å². The number of hydrogen-bond acceptors (Lipinski definition) is 6. The van der Waals surface area contributed by atoms with Crippen LogP contribution in [0.5, 0.6) is 0 Å². The molecule has 0 aromatic heterocycles. The van der Waals surface area contributed by atoms with Crippen LogP contribution in [0, 0.1) is 81.7 Å². The van der Waals surface area contributed by atoms with Gasteiger partial charge < -0.3 is 29.4 Å². The van der Waals surface area contributed by atoms with Gasteiger partial charge in [-0.25, -0.2) is 27.4 Å². The maximum atomic E-state index is 8.46. The average Bonchev–Trinajstić information content (AvgIpc) is 2.23. The molecule has 110 valence electrons. The first-order valence-electron chi connectivity index (χ1n) is 2.30. The predicted octanol–water partition coefficient (Wildman–Crippen LogP) is 1.11. The van der Waals surface area contributed by atoms with Crippen molar-refractivity contribution in [2.45, 2.75) is 0 Å². The molecule has 0 aliphatic heterocycles. The third-order valence-electron chi connectivity index (χ3n) is 0. The molecule has 20 heteroatoms. The van der Waals surface area contributed by atoms with E-state index in [-0.39, 0.29) is 81.7 Å². The van der Waals surface area contributed by atoms with E-state index >= 15 is 0 Å². The molecule has 0 aliphatic rings. The van der Waals surface area contributed by atoms with Gasteiger partial charge >= 0.3 is 134 Å². The standard InChI is InChI=1S/2Nd.6HO2P/c;;6*1-3-2/h;;6*(H,1,2)/q2*+3;;;;;;. The van der Waals surface area contributed by atoms with Crippen molar-refractivity contribution in [2.24, 2.45) is 0 Å². The van der Waals surface area contributed by atoms with Crippen LogP contribution in [-0.2, 0) is 27.4 Å². The van der Waals surface area contributed by atoms with Gasteiger partial charge in [0.1, 0.15) is 0 Å². The van der Waals surface area contributed by atoms with Gasteiger partial charge in [-0.05, 0) is 0 Å². The van der Waals surface area contributed by atoms with Gasteiger partial charge in [-0.2, -0.15) is 0 Å². The monoisotopic (exact) mass is 668 g/mol. The molecule has 0 amide bonds. The Kier molecular flexibility index (Phi) is 295. The normalized spacial score (nSPS) is 6.30. The van der Waals surface area contributed by atoms with Crippen molar-refractivity contribution >= 4 is 52.1 Å². The Morgan fingerprint density at radius 1 is 0.350 bits per heavy atom. The van der Waals surface area contributed by atoms with E-state index in [4.69, 9.17) is 56.8 Å². The second-order valence-electron chi connectivity index (χ2n) is 0.490. The van der Waals surface area contributed by atoms with Crippen LogP contribution in [0.1, 0.15) is 0 Å². The van der Waals surface area contributed by atoms with E-state index in [0.29, 0.717) is 0 Å². The van der Waals surface area contributed by atoms with Crippen LogP contribution in [0.4, 0.5) is 0 Å². The topological polar surface area (TPSA) is 224 Å². The fourth-order valence-corrected chi connectivity index (χ4v) is 0. The van der Waals surface area contributed by atoms with Gasteiger partial charge in [-0.15, -0.1) is 0 Å². The summed E-state index contributed by atoms with van der Waals surface area (Å²) < 4.78 is 50.8. The Labute approximate surface area is 187 Å². The van der Waals surface area contributed by atoms with Crippen molar-refractivity contribution in [3.63, 3.8) is 0 Å². The molecule has 0 rings (SSSR count). The maximum Gasteiger partial charge on any atom is 3.00 e. The van der Waals surface area contributed by atoms with Crippen LogP contribution >= 0.6 is 52.1 Å². The van der Waals surface area contributed by atoms with E-state index < -0.39 is 52.1 Å². The zero-order chi connectivity index (χ0) is 16.2. The van der Waals surface area contributed by atoms with Crippen LogP contribution in [0.2, 0.25) is 0 Å². The summed E-state index contributed by atoms with van der Waals surface area (Å²) in [5.41, 5.74) is 0. The van der Waals surface area contributed by atoms with Gasteiger partial charge in [0.25, 0.3) is 0 Å². The first kappa shape index (κ1) is 49.5. The fraction of sp³-hybridized carbons (Fsp3) is 0. The summed E-state index contributed by atoms with van der Waals surface area (Å²) in [6.45, 7) is 0. The Bertz CT molecular complexity index is 117. The first-order chi connectivity index (χ1) is 8.49. The Morgan fingerprint density at radius 2 is 0.350 bits per heavy atom. The number of hydrogen-bond donors (Lipinski definition) is 6. The zero-order valence-electron chi connectivity index (χ0n) is 8.82. The zero-order valence-corrected chi connectivity index (χ0v) is 20.6. The SMILES string of the molecule is O=PO.O=PO.O=PO.O=PO.O=PO.O=PO.[Nd+3].[Nd+3]. The summed E-state index contributed by atoms with van der Waals surface area (Å²) in [4.78, 5) is 41.9. The summed E-state index contributed by atoms with van der Waals surface area (Å²) in [6, 6.07) is 0. The van der Waals surface area contributed by atoms with Crippen molar-refractivity contribution in [2.75, 3.05) is 0 Å². The molecule has 2 radical (unpaired) electrons. The van der Waals surface area contributed by atoms with Gasteiger partial charge in [0.2, 0.25) is 0 Å². The molecular formula is H6Nd2O12P6+6. The van der Waals surface area contributed by atoms with Crippen LogP contribution in [0.15, 0.2) is 0 Å². The summed E-state index contributed by atoms with van der Waals surface area (Å²) in [5, 5.41) is 0. The van der Waals surface area contributed by atoms with Crippen LogP contribution < -0.4 is 0 Å². The molecule has 6 N–H and O–H groups in total. The minimum atomic E-state index is -0.833. The third-order valence-corrected chi connectivity index (χ3v) is 0. The van der Waals surface area contributed by atoms with E-state index in [1.165, 1.54) is 0 Å². The molecule has 0 aromatic carbocycles. The second-order valence-corrected chi connectivity index (χ2v) is 1.47. The molecule has 20 heavy (non-hydrogen) atoms. The van der Waals surface area contributed by atoms with E-state index in [1.54, 1.807) is 0 Å². The Balaban J connectivity index is -0.0000000141. The molecule has 0 heterocycles. The van der Waals surface area contributed by atoms with Crippen LogP contribution in [0.25, 0.3) is 0 Å². The molecule has 0 unspecified atom stereocenters. The Hall–Kier alpha value is 3.06. The predicted molar refractivity (Wildman–Crippen MR) is 59.0 cm³/mol. The molecule has 0 aliphatic carbocycles. The van der Waals surface area contributed by atoms with Crippen LogP contribution in [-0.4, -0.2) is 29.4 Å². The quantitative estimate of drug-likeness (QED) is 0.199. The Morgan fingerprint density at radius 3 is 0.350 bits per heavy atom. The fourth-order valence-electron chi connectivity index (χ4n) is 0. The summed E-state index contributed by atoms with van der Waals surface area (Å²) in [6.07, 6.45) is 0. The van der Waals surface area contributed by atoms with E-state index in [0.717, 1.165) is 0 Å². The summed E-state index contributed by atoms with van der Waals surface area (Å²) in [7, 11) is -5.00. The van der Waals surface area contributed by atoms with Gasteiger partial charge in [0.15, 0.2) is 0 Å². The van der Waals surface area contributed by atoms with Crippen LogP contribution in [0.3, 0.4) is 0 Å². The largest absolute Gasteiger partial charge is 3.00 e. The van der Waals surface area contributed by atoms with E-state index in [1.807, 2.05) is 0 Å². The smallest absolute Gasteiger partial charge is 0.310 e.